The molecule has 0 aliphatic rings. The molecular weight excluding hydrogens is 418 g/mol. The third-order valence-electron chi connectivity index (χ3n) is 3.35. The van der Waals surface area contributed by atoms with Crippen LogP contribution in [0.3, 0.4) is 0 Å². The Kier molecular flexibility index (Phi) is 5.89. The van der Waals surface area contributed by atoms with Gasteiger partial charge in [0.2, 0.25) is 0 Å². The average molecular weight is 428 g/mol. The molecule has 0 aliphatic heterocycles. The Morgan fingerprint density at radius 1 is 0.923 bits per heavy atom. The van der Waals surface area contributed by atoms with Crippen molar-refractivity contribution in [1.82, 2.24) is 5.43 Å². The molecule has 3 aromatic rings. The topological polar surface area (TPSA) is 54.6 Å². The van der Waals surface area contributed by atoms with Crippen molar-refractivity contribution in [2.24, 2.45) is 5.10 Å². The lowest BCUT2D eigenvalue weighted by atomic mass is 10.2. The standard InChI is InChI=1S/C18H10Cl4N2O2/c19-10-2-5-15(21)14(7-10)17-6-3-12(26-17)9-23-24-18(25)13-4-1-11(20)8-16(13)22/h1-9H,(H,24,25). The Morgan fingerprint density at radius 2 is 1.65 bits per heavy atom. The summed E-state index contributed by atoms with van der Waals surface area (Å²) in [5.41, 5.74) is 3.30. The highest BCUT2D eigenvalue weighted by molar-refractivity contribution is 6.37. The summed E-state index contributed by atoms with van der Waals surface area (Å²) in [6.45, 7) is 0. The highest BCUT2D eigenvalue weighted by atomic mass is 35.5. The van der Waals surface area contributed by atoms with Crippen LogP contribution in [-0.2, 0) is 0 Å². The van der Waals surface area contributed by atoms with E-state index < -0.39 is 5.91 Å². The van der Waals surface area contributed by atoms with Crippen molar-refractivity contribution in [3.63, 3.8) is 0 Å². The van der Waals surface area contributed by atoms with Gasteiger partial charge in [-0.25, -0.2) is 5.43 Å². The molecule has 0 spiro atoms. The van der Waals surface area contributed by atoms with Crippen LogP contribution in [0.2, 0.25) is 20.1 Å². The number of carbonyl (C=O) groups is 1. The first-order valence-corrected chi connectivity index (χ1v) is 8.79. The van der Waals surface area contributed by atoms with Gasteiger partial charge in [0, 0.05) is 15.6 Å². The first kappa shape index (κ1) is 18.8. The number of furan rings is 1. The van der Waals surface area contributed by atoms with E-state index in [2.05, 4.69) is 10.5 Å². The third kappa shape index (κ3) is 4.40. The van der Waals surface area contributed by atoms with Gasteiger partial charge in [-0.15, -0.1) is 0 Å². The van der Waals surface area contributed by atoms with Gasteiger partial charge < -0.3 is 4.42 Å². The van der Waals surface area contributed by atoms with Crippen LogP contribution < -0.4 is 5.43 Å². The molecule has 4 nitrogen and oxygen atoms in total. The van der Waals surface area contributed by atoms with Crippen LogP contribution in [0.15, 0.2) is 58.0 Å². The molecule has 0 unspecified atom stereocenters. The Labute approximate surface area is 169 Å². The van der Waals surface area contributed by atoms with E-state index in [1.807, 2.05) is 0 Å². The van der Waals surface area contributed by atoms with Crippen LogP contribution in [0.25, 0.3) is 11.3 Å². The normalized spacial score (nSPS) is 11.1. The maximum atomic E-state index is 12.1. The van der Waals surface area contributed by atoms with E-state index in [0.29, 0.717) is 32.2 Å². The van der Waals surface area contributed by atoms with E-state index in [9.17, 15) is 4.79 Å². The second kappa shape index (κ2) is 8.14. The monoisotopic (exact) mass is 426 g/mol. The lowest BCUT2D eigenvalue weighted by Crippen LogP contribution is -2.17. The summed E-state index contributed by atoms with van der Waals surface area (Å²) in [6, 6.07) is 13.1. The van der Waals surface area contributed by atoms with Crippen molar-refractivity contribution in [3.05, 3.63) is 79.9 Å². The average Bonchev–Trinajstić information content (AvgIpc) is 3.05. The molecule has 0 fully saturated rings. The molecule has 0 bridgehead atoms. The Balaban J connectivity index is 1.71. The Hall–Kier alpha value is -1.98. The second-order valence-corrected chi connectivity index (χ2v) is 6.84. The van der Waals surface area contributed by atoms with Crippen LogP contribution in [0.5, 0.6) is 0 Å². The van der Waals surface area contributed by atoms with Gasteiger partial charge in [0.1, 0.15) is 11.5 Å². The summed E-state index contributed by atoms with van der Waals surface area (Å²) in [5, 5.41) is 5.60. The molecule has 26 heavy (non-hydrogen) atoms. The number of hydrogen-bond acceptors (Lipinski definition) is 3. The number of nitrogens with zero attached hydrogens (tertiary/aromatic N) is 1. The fraction of sp³-hybridized carbons (Fsp3) is 0. The number of benzene rings is 2. The number of carbonyl (C=O) groups excluding carboxylic acids is 1. The lowest BCUT2D eigenvalue weighted by molar-refractivity contribution is 0.0955. The van der Waals surface area contributed by atoms with Crippen LogP contribution >= 0.6 is 46.4 Å². The molecule has 0 radical (unpaired) electrons. The van der Waals surface area contributed by atoms with Crippen molar-refractivity contribution >= 4 is 58.5 Å². The summed E-state index contributed by atoms with van der Waals surface area (Å²) >= 11 is 23.9. The SMILES string of the molecule is O=C(NN=Cc1ccc(-c2cc(Cl)ccc2Cl)o1)c1ccc(Cl)cc1Cl. The van der Waals surface area contributed by atoms with Gasteiger partial charge >= 0.3 is 0 Å². The van der Waals surface area contributed by atoms with E-state index >= 15 is 0 Å². The minimum atomic E-state index is -0.465. The second-order valence-electron chi connectivity index (χ2n) is 5.15. The molecule has 1 heterocycles. The van der Waals surface area contributed by atoms with Gasteiger partial charge in [0.15, 0.2) is 0 Å². The third-order valence-corrected chi connectivity index (χ3v) is 4.47. The zero-order chi connectivity index (χ0) is 18.7. The summed E-state index contributed by atoms with van der Waals surface area (Å²) < 4.78 is 5.65. The van der Waals surface area contributed by atoms with E-state index in [1.54, 1.807) is 36.4 Å². The van der Waals surface area contributed by atoms with Crippen LogP contribution in [0, 0.1) is 0 Å². The minimum absolute atomic E-state index is 0.237. The van der Waals surface area contributed by atoms with Crippen molar-refractivity contribution in [1.29, 1.82) is 0 Å². The van der Waals surface area contributed by atoms with Gasteiger partial charge in [-0.3, -0.25) is 4.79 Å². The predicted octanol–water partition coefficient (Wildman–Crippen LogP) is 6.32. The van der Waals surface area contributed by atoms with Crippen LogP contribution in [0.4, 0.5) is 0 Å². The van der Waals surface area contributed by atoms with E-state index in [1.165, 1.54) is 18.3 Å². The highest BCUT2D eigenvalue weighted by Crippen LogP contribution is 2.31. The van der Waals surface area contributed by atoms with E-state index in [0.717, 1.165) is 0 Å². The van der Waals surface area contributed by atoms with Gasteiger partial charge in [-0.1, -0.05) is 46.4 Å². The van der Waals surface area contributed by atoms with E-state index in [-0.39, 0.29) is 10.6 Å². The molecule has 1 N–H and O–H groups in total. The fourth-order valence-electron chi connectivity index (χ4n) is 2.14. The number of amides is 1. The first-order chi connectivity index (χ1) is 12.4. The maximum absolute atomic E-state index is 12.1. The molecule has 132 valence electrons. The zero-order valence-corrected chi connectivity index (χ0v) is 16.0. The quantitative estimate of drug-likeness (QED) is 0.391. The number of hydrogen-bond donors (Lipinski definition) is 1. The first-order valence-electron chi connectivity index (χ1n) is 7.28. The molecule has 0 aliphatic carbocycles. The molecular formula is C18H10Cl4N2O2. The van der Waals surface area contributed by atoms with Crippen molar-refractivity contribution in [2.45, 2.75) is 0 Å². The predicted molar refractivity (Wildman–Crippen MR) is 106 cm³/mol. The maximum Gasteiger partial charge on any atom is 0.272 e. The number of nitrogens with one attached hydrogen (secondary N) is 1. The molecule has 0 saturated carbocycles. The van der Waals surface area contributed by atoms with Gasteiger partial charge in [-0.05, 0) is 48.5 Å². The lowest BCUT2D eigenvalue weighted by Gasteiger charge is -2.02. The summed E-state index contributed by atoms with van der Waals surface area (Å²) in [6.07, 6.45) is 1.36. The number of halogens is 4. The van der Waals surface area contributed by atoms with Crippen molar-refractivity contribution in [2.75, 3.05) is 0 Å². The Morgan fingerprint density at radius 3 is 2.42 bits per heavy atom. The largest absolute Gasteiger partial charge is 0.455 e. The molecule has 8 heteroatoms. The van der Waals surface area contributed by atoms with Gasteiger partial charge in [0.05, 0.1) is 21.8 Å². The van der Waals surface area contributed by atoms with Gasteiger partial charge in [-0.2, -0.15) is 5.10 Å². The summed E-state index contributed by atoms with van der Waals surface area (Å²) in [7, 11) is 0. The number of rotatable bonds is 4. The van der Waals surface area contributed by atoms with Crippen LogP contribution in [-0.4, -0.2) is 12.1 Å². The fourth-order valence-corrected chi connectivity index (χ4v) is 3.02. The molecule has 1 amide bonds. The van der Waals surface area contributed by atoms with Crippen molar-refractivity contribution < 1.29 is 9.21 Å². The Bertz CT molecular complexity index is 999. The molecule has 3 rings (SSSR count). The summed E-state index contributed by atoms with van der Waals surface area (Å²) in [5.74, 6) is 0.497. The molecule has 2 aromatic carbocycles. The van der Waals surface area contributed by atoms with Crippen molar-refractivity contribution in [3.8, 4) is 11.3 Å². The molecule has 0 atom stereocenters. The molecule has 0 saturated heterocycles. The number of hydrazone groups is 1. The smallest absolute Gasteiger partial charge is 0.272 e. The molecule has 1 aromatic heterocycles. The highest BCUT2D eigenvalue weighted by Gasteiger charge is 2.11. The zero-order valence-electron chi connectivity index (χ0n) is 13.0. The van der Waals surface area contributed by atoms with Gasteiger partial charge in [0.25, 0.3) is 5.91 Å². The van der Waals surface area contributed by atoms with E-state index in [4.69, 9.17) is 50.8 Å². The summed E-state index contributed by atoms with van der Waals surface area (Å²) in [4.78, 5) is 12.1. The minimum Gasteiger partial charge on any atom is -0.455 e. The van der Waals surface area contributed by atoms with Crippen LogP contribution in [0.1, 0.15) is 16.1 Å².